The Morgan fingerprint density at radius 2 is 1.96 bits per heavy atom. The summed E-state index contributed by atoms with van der Waals surface area (Å²) in [6, 6.07) is 12.8. The van der Waals surface area contributed by atoms with E-state index in [1.807, 2.05) is 29.8 Å². The van der Waals surface area contributed by atoms with Crippen LogP contribution in [0.15, 0.2) is 60.9 Å². The number of hydrogen-bond acceptors (Lipinski definition) is 2. The number of carbonyl (C=O) groups excluding carboxylic acids is 1. The van der Waals surface area contributed by atoms with Crippen molar-refractivity contribution in [1.29, 1.82) is 0 Å². The summed E-state index contributed by atoms with van der Waals surface area (Å²) in [6.07, 6.45) is 3.61. The van der Waals surface area contributed by atoms with Gasteiger partial charge in [-0.1, -0.05) is 41.9 Å². The van der Waals surface area contributed by atoms with Crippen LogP contribution in [0.5, 0.6) is 0 Å². The molecule has 1 atom stereocenters. The molecule has 6 heteroatoms. The first kappa shape index (κ1) is 17.2. The zero-order valence-corrected chi connectivity index (χ0v) is 14.4. The molecule has 25 heavy (non-hydrogen) atoms. The van der Waals surface area contributed by atoms with Crippen LogP contribution >= 0.6 is 11.6 Å². The predicted octanol–water partition coefficient (Wildman–Crippen LogP) is 3.66. The van der Waals surface area contributed by atoms with Crippen LogP contribution in [0, 0.1) is 5.82 Å². The minimum atomic E-state index is -0.476. The highest BCUT2D eigenvalue weighted by molar-refractivity contribution is 6.31. The van der Waals surface area contributed by atoms with E-state index in [4.69, 9.17) is 11.6 Å². The predicted molar refractivity (Wildman–Crippen MR) is 94.7 cm³/mol. The van der Waals surface area contributed by atoms with Crippen LogP contribution in [0.1, 0.15) is 23.0 Å². The van der Waals surface area contributed by atoms with Gasteiger partial charge >= 0.3 is 0 Å². The van der Waals surface area contributed by atoms with Crippen molar-refractivity contribution in [2.45, 2.75) is 12.5 Å². The number of aryl methyl sites for hydroxylation is 1. The number of benzene rings is 2. The van der Waals surface area contributed by atoms with Gasteiger partial charge in [0.2, 0.25) is 5.91 Å². The highest BCUT2D eigenvalue weighted by atomic mass is 35.5. The number of amides is 1. The fourth-order valence-corrected chi connectivity index (χ4v) is 2.84. The normalized spacial score (nSPS) is 12.0. The Morgan fingerprint density at radius 1 is 1.24 bits per heavy atom. The number of nitrogens with one attached hydrogen (secondary N) is 1. The van der Waals surface area contributed by atoms with E-state index in [2.05, 4.69) is 10.3 Å². The second-order valence-corrected chi connectivity index (χ2v) is 6.12. The quantitative estimate of drug-likeness (QED) is 0.757. The van der Waals surface area contributed by atoms with E-state index < -0.39 is 6.04 Å². The molecule has 1 amide bonds. The maximum absolute atomic E-state index is 13.2. The number of nitrogens with zero attached hydrogens (tertiary/aromatic N) is 2. The van der Waals surface area contributed by atoms with Crippen molar-refractivity contribution in [3.8, 4) is 0 Å². The standard InChI is InChI=1S/C19H17ClFN3O/c1-24-11-10-22-19(24)18(13-6-8-15(21)9-7-13)23-17(25)12-14-4-2-3-5-16(14)20/h2-11,18H,12H2,1H3,(H,23,25). The number of imidazole rings is 1. The van der Waals surface area contributed by atoms with E-state index in [9.17, 15) is 9.18 Å². The molecule has 1 heterocycles. The third kappa shape index (κ3) is 4.06. The van der Waals surface area contributed by atoms with Gasteiger partial charge in [0.25, 0.3) is 0 Å². The molecule has 0 bridgehead atoms. The van der Waals surface area contributed by atoms with Gasteiger partial charge in [0.15, 0.2) is 0 Å². The van der Waals surface area contributed by atoms with Gasteiger partial charge in [-0.25, -0.2) is 9.37 Å². The summed E-state index contributed by atoms with van der Waals surface area (Å²) in [5.41, 5.74) is 1.50. The number of rotatable bonds is 5. The SMILES string of the molecule is Cn1ccnc1C(NC(=O)Cc1ccccc1Cl)c1ccc(F)cc1. The van der Waals surface area contributed by atoms with Crippen molar-refractivity contribution >= 4 is 17.5 Å². The third-order valence-electron chi connectivity index (χ3n) is 3.93. The largest absolute Gasteiger partial charge is 0.342 e. The van der Waals surface area contributed by atoms with E-state index in [0.717, 1.165) is 11.1 Å². The Morgan fingerprint density at radius 3 is 2.60 bits per heavy atom. The molecule has 1 N–H and O–H groups in total. The lowest BCUT2D eigenvalue weighted by atomic mass is 10.0. The maximum atomic E-state index is 13.2. The van der Waals surface area contributed by atoms with Gasteiger partial charge in [-0.2, -0.15) is 0 Å². The van der Waals surface area contributed by atoms with Crippen LogP contribution in [-0.4, -0.2) is 15.5 Å². The Kier molecular flexibility index (Phi) is 5.14. The Bertz CT molecular complexity index is 876. The summed E-state index contributed by atoms with van der Waals surface area (Å²) in [5, 5.41) is 3.52. The molecule has 0 aliphatic carbocycles. The summed E-state index contributed by atoms with van der Waals surface area (Å²) >= 11 is 6.13. The van der Waals surface area contributed by atoms with Crippen LogP contribution in [-0.2, 0) is 18.3 Å². The average molecular weight is 358 g/mol. The molecule has 0 spiro atoms. The zero-order valence-electron chi connectivity index (χ0n) is 13.6. The highest BCUT2D eigenvalue weighted by Crippen LogP contribution is 2.22. The number of carbonyl (C=O) groups is 1. The molecule has 0 aliphatic heterocycles. The summed E-state index contributed by atoms with van der Waals surface area (Å²) in [5.74, 6) is 0.147. The minimum absolute atomic E-state index is 0.155. The summed E-state index contributed by atoms with van der Waals surface area (Å²) < 4.78 is 15.1. The van der Waals surface area contributed by atoms with E-state index in [-0.39, 0.29) is 18.1 Å². The lowest BCUT2D eigenvalue weighted by Gasteiger charge is -2.19. The van der Waals surface area contributed by atoms with Crippen molar-refractivity contribution in [1.82, 2.24) is 14.9 Å². The zero-order chi connectivity index (χ0) is 17.8. The van der Waals surface area contributed by atoms with Gasteiger partial charge < -0.3 is 9.88 Å². The topological polar surface area (TPSA) is 46.9 Å². The molecule has 4 nitrogen and oxygen atoms in total. The van der Waals surface area contributed by atoms with Gasteiger partial charge in [0.1, 0.15) is 17.7 Å². The molecule has 1 unspecified atom stereocenters. The van der Waals surface area contributed by atoms with E-state index in [1.54, 1.807) is 30.6 Å². The lowest BCUT2D eigenvalue weighted by molar-refractivity contribution is -0.121. The van der Waals surface area contributed by atoms with Crippen molar-refractivity contribution in [3.63, 3.8) is 0 Å². The number of halogens is 2. The average Bonchev–Trinajstić information content (AvgIpc) is 3.01. The van der Waals surface area contributed by atoms with E-state index in [0.29, 0.717) is 10.8 Å². The second kappa shape index (κ2) is 7.49. The first-order chi connectivity index (χ1) is 12.0. The minimum Gasteiger partial charge on any atom is -0.342 e. The Labute approximate surface area is 150 Å². The van der Waals surface area contributed by atoms with Crippen molar-refractivity contribution in [3.05, 3.63) is 88.7 Å². The van der Waals surface area contributed by atoms with Crippen LogP contribution < -0.4 is 5.32 Å². The van der Waals surface area contributed by atoms with Crippen molar-refractivity contribution in [2.24, 2.45) is 7.05 Å². The first-order valence-corrected chi connectivity index (χ1v) is 8.18. The van der Waals surface area contributed by atoms with E-state index >= 15 is 0 Å². The second-order valence-electron chi connectivity index (χ2n) is 5.72. The van der Waals surface area contributed by atoms with E-state index in [1.165, 1.54) is 12.1 Å². The van der Waals surface area contributed by atoms with Gasteiger partial charge in [0.05, 0.1) is 6.42 Å². The molecular weight excluding hydrogens is 341 g/mol. The molecule has 0 saturated carbocycles. The molecule has 3 rings (SSSR count). The highest BCUT2D eigenvalue weighted by Gasteiger charge is 2.21. The molecule has 2 aromatic carbocycles. The molecule has 1 aromatic heterocycles. The fraction of sp³-hybridized carbons (Fsp3) is 0.158. The van der Waals surface area contributed by atoms with Gasteiger partial charge in [-0.3, -0.25) is 4.79 Å². The Balaban J connectivity index is 1.85. The molecule has 0 fully saturated rings. The Hall–Kier alpha value is -2.66. The molecule has 0 saturated heterocycles. The third-order valence-corrected chi connectivity index (χ3v) is 4.30. The van der Waals surface area contributed by atoms with Gasteiger partial charge in [-0.15, -0.1) is 0 Å². The molecular formula is C19H17ClFN3O. The first-order valence-electron chi connectivity index (χ1n) is 7.80. The maximum Gasteiger partial charge on any atom is 0.225 e. The monoisotopic (exact) mass is 357 g/mol. The van der Waals surface area contributed by atoms with Gasteiger partial charge in [0, 0.05) is 24.5 Å². The number of aromatic nitrogens is 2. The molecule has 3 aromatic rings. The summed E-state index contributed by atoms with van der Waals surface area (Å²) in [4.78, 5) is 16.9. The van der Waals surface area contributed by atoms with Gasteiger partial charge in [-0.05, 0) is 29.3 Å². The van der Waals surface area contributed by atoms with Crippen molar-refractivity contribution < 1.29 is 9.18 Å². The summed E-state index contributed by atoms with van der Waals surface area (Å²) in [6.45, 7) is 0. The molecule has 128 valence electrons. The number of hydrogen-bond donors (Lipinski definition) is 1. The van der Waals surface area contributed by atoms with Crippen LogP contribution in [0.2, 0.25) is 5.02 Å². The fourth-order valence-electron chi connectivity index (χ4n) is 2.63. The van der Waals surface area contributed by atoms with Crippen LogP contribution in [0.4, 0.5) is 4.39 Å². The smallest absolute Gasteiger partial charge is 0.225 e. The molecule has 0 aliphatic rings. The van der Waals surface area contributed by atoms with Crippen LogP contribution in [0.3, 0.4) is 0 Å². The molecule has 0 radical (unpaired) electrons. The summed E-state index contributed by atoms with van der Waals surface area (Å²) in [7, 11) is 1.85. The lowest BCUT2D eigenvalue weighted by Crippen LogP contribution is -2.32. The van der Waals surface area contributed by atoms with Crippen LogP contribution in [0.25, 0.3) is 0 Å². The van der Waals surface area contributed by atoms with Crippen molar-refractivity contribution in [2.75, 3.05) is 0 Å².